The number of carbonyl (C=O) groups excluding carboxylic acids is 1. The van der Waals surface area contributed by atoms with Crippen LogP contribution in [0.2, 0.25) is 0 Å². The second-order valence-electron chi connectivity index (χ2n) is 9.56. The fourth-order valence-electron chi connectivity index (χ4n) is 5.54. The molecule has 0 spiro atoms. The third kappa shape index (κ3) is 4.03. The van der Waals surface area contributed by atoms with Gasteiger partial charge in [0, 0.05) is 42.5 Å². The summed E-state index contributed by atoms with van der Waals surface area (Å²) in [6, 6.07) is 24.1. The van der Waals surface area contributed by atoms with Crippen LogP contribution in [0.5, 0.6) is 0 Å². The van der Waals surface area contributed by atoms with Gasteiger partial charge in [0.2, 0.25) is 0 Å². The number of para-hydroxylation sites is 1. The van der Waals surface area contributed by atoms with Crippen molar-refractivity contribution in [2.45, 2.75) is 25.9 Å². The summed E-state index contributed by atoms with van der Waals surface area (Å²) in [6.45, 7) is 6.25. The van der Waals surface area contributed by atoms with Gasteiger partial charge in [-0.05, 0) is 55.3 Å². The number of nitrogens with zero attached hydrogens (tertiary/aromatic N) is 5. The fourth-order valence-corrected chi connectivity index (χ4v) is 5.54. The predicted molar refractivity (Wildman–Crippen MR) is 140 cm³/mol. The van der Waals surface area contributed by atoms with Crippen molar-refractivity contribution in [3.8, 4) is 17.5 Å². The maximum atomic E-state index is 13.0. The van der Waals surface area contributed by atoms with Crippen molar-refractivity contribution in [3.63, 3.8) is 0 Å². The van der Waals surface area contributed by atoms with Crippen LogP contribution in [0.15, 0.2) is 71.3 Å². The lowest BCUT2D eigenvalue weighted by molar-refractivity contribution is 0.102. The number of nitrogens with one attached hydrogen (secondary N) is 1. The molecule has 0 bridgehead atoms. The first-order chi connectivity index (χ1) is 18.0. The minimum atomic E-state index is -0.0765. The number of carbonyl (C=O) groups is 1. The van der Waals surface area contributed by atoms with Crippen molar-refractivity contribution < 1.29 is 9.32 Å². The van der Waals surface area contributed by atoms with Crippen LogP contribution in [0.1, 0.15) is 45.8 Å². The Morgan fingerprint density at radius 3 is 2.59 bits per heavy atom. The number of aryl methyl sites for hydroxylation is 1. The van der Waals surface area contributed by atoms with Crippen LogP contribution in [0.4, 0.5) is 11.4 Å². The first-order valence-corrected chi connectivity index (χ1v) is 12.4. The molecule has 8 heteroatoms. The van der Waals surface area contributed by atoms with Gasteiger partial charge in [0.1, 0.15) is 6.07 Å². The lowest BCUT2D eigenvalue weighted by Gasteiger charge is -2.45. The number of nitriles is 1. The quantitative estimate of drug-likeness (QED) is 0.441. The Morgan fingerprint density at radius 2 is 1.84 bits per heavy atom. The molecule has 2 aliphatic heterocycles. The maximum absolute atomic E-state index is 13.0. The standard InChI is InChI=1S/C29H26N6O2/c1-18-17-34(27-22-7-3-4-8-23(22)28(36)32-25-10-6-5-9-24(25)27)13-14-35(18)26-12-11-20(15-21(26)16-30)29-31-19(2)33-37-29/h3-12,15,18,27H,13-14,17H2,1-2H3,(H,32,36)/t18-,27?/m1/s1. The highest BCUT2D eigenvalue weighted by Crippen LogP contribution is 2.40. The summed E-state index contributed by atoms with van der Waals surface area (Å²) < 4.78 is 5.29. The summed E-state index contributed by atoms with van der Waals surface area (Å²) in [4.78, 5) is 22.0. The molecule has 1 aromatic heterocycles. The smallest absolute Gasteiger partial charge is 0.257 e. The van der Waals surface area contributed by atoms with Gasteiger partial charge in [-0.1, -0.05) is 41.6 Å². The molecule has 4 aromatic rings. The van der Waals surface area contributed by atoms with Crippen molar-refractivity contribution in [2.24, 2.45) is 0 Å². The number of aromatic nitrogens is 2. The zero-order valence-electron chi connectivity index (χ0n) is 20.7. The first kappa shape index (κ1) is 23.0. The monoisotopic (exact) mass is 490 g/mol. The first-order valence-electron chi connectivity index (χ1n) is 12.4. The molecule has 8 nitrogen and oxygen atoms in total. The molecule has 1 fully saturated rings. The van der Waals surface area contributed by atoms with E-state index in [9.17, 15) is 10.1 Å². The molecule has 1 amide bonds. The number of benzene rings is 3. The van der Waals surface area contributed by atoms with E-state index in [1.165, 1.54) is 0 Å². The summed E-state index contributed by atoms with van der Waals surface area (Å²) in [7, 11) is 0. The van der Waals surface area contributed by atoms with E-state index in [1.807, 2.05) is 54.6 Å². The Kier molecular flexibility index (Phi) is 5.70. The molecule has 1 saturated heterocycles. The van der Waals surface area contributed by atoms with Crippen LogP contribution in [0.25, 0.3) is 11.5 Å². The highest BCUT2D eigenvalue weighted by atomic mass is 16.5. The van der Waals surface area contributed by atoms with Crippen LogP contribution in [0.3, 0.4) is 0 Å². The summed E-state index contributed by atoms with van der Waals surface area (Å²) in [5.41, 5.74) is 5.87. The Balaban J connectivity index is 1.32. The van der Waals surface area contributed by atoms with E-state index in [0.29, 0.717) is 22.8 Å². The zero-order chi connectivity index (χ0) is 25.5. The van der Waals surface area contributed by atoms with Crippen molar-refractivity contribution >= 4 is 17.3 Å². The Bertz CT molecular complexity index is 1540. The number of amides is 1. The molecule has 0 saturated carbocycles. The molecule has 6 rings (SSSR count). The average Bonchev–Trinajstić information content (AvgIpc) is 3.31. The van der Waals surface area contributed by atoms with Gasteiger partial charge in [-0.3, -0.25) is 9.69 Å². The molecule has 1 N–H and O–H groups in total. The van der Waals surface area contributed by atoms with Gasteiger partial charge >= 0.3 is 0 Å². The molecule has 2 aliphatic rings. The molecule has 1 unspecified atom stereocenters. The Labute approximate surface area is 215 Å². The third-order valence-electron chi connectivity index (χ3n) is 7.23. The van der Waals surface area contributed by atoms with E-state index in [4.69, 9.17) is 4.52 Å². The molecule has 3 aromatic carbocycles. The number of fused-ring (bicyclic) bond motifs is 2. The normalized spacial score (nSPS) is 19.4. The third-order valence-corrected chi connectivity index (χ3v) is 7.23. The van der Waals surface area contributed by atoms with Crippen LogP contribution >= 0.6 is 0 Å². The molecule has 37 heavy (non-hydrogen) atoms. The topological polar surface area (TPSA) is 98.3 Å². The number of hydrogen-bond donors (Lipinski definition) is 1. The predicted octanol–water partition coefficient (Wildman–Crippen LogP) is 4.78. The fraction of sp³-hybridized carbons (Fsp3) is 0.241. The van der Waals surface area contributed by atoms with Crippen LogP contribution in [-0.4, -0.2) is 46.6 Å². The SMILES string of the molecule is Cc1noc(-c2ccc(N3CCN(C4c5ccccc5NC(=O)c5ccccc54)C[C@H]3C)c(C#N)c2)n1. The van der Waals surface area contributed by atoms with E-state index in [-0.39, 0.29) is 18.0 Å². The molecule has 0 aliphatic carbocycles. The summed E-state index contributed by atoms with van der Waals surface area (Å²) >= 11 is 0. The maximum Gasteiger partial charge on any atom is 0.257 e. The minimum Gasteiger partial charge on any atom is -0.365 e. The number of hydrogen-bond acceptors (Lipinski definition) is 7. The van der Waals surface area contributed by atoms with Crippen LogP contribution in [0, 0.1) is 18.3 Å². The van der Waals surface area contributed by atoms with E-state index < -0.39 is 0 Å². The van der Waals surface area contributed by atoms with Gasteiger partial charge in [-0.25, -0.2) is 0 Å². The Hall–Kier alpha value is -4.48. The molecular formula is C29H26N6O2. The van der Waals surface area contributed by atoms with Gasteiger partial charge in [-0.2, -0.15) is 10.2 Å². The van der Waals surface area contributed by atoms with Gasteiger partial charge in [0.15, 0.2) is 5.82 Å². The number of rotatable bonds is 3. The summed E-state index contributed by atoms with van der Waals surface area (Å²) in [5.74, 6) is 0.889. The van der Waals surface area contributed by atoms with Gasteiger partial charge < -0.3 is 14.7 Å². The highest BCUT2D eigenvalue weighted by Gasteiger charge is 2.35. The lowest BCUT2D eigenvalue weighted by atomic mass is 9.92. The second kappa shape index (κ2) is 9.19. The average molecular weight is 491 g/mol. The van der Waals surface area contributed by atoms with E-state index >= 15 is 0 Å². The van der Waals surface area contributed by atoms with E-state index in [1.54, 1.807) is 6.92 Å². The van der Waals surface area contributed by atoms with Crippen LogP contribution in [-0.2, 0) is 0 Å². The van der Waals surface area contributed by atoms with Crippen molar-refractivity contribution in [2.75, 3.05) is 29.9 Å². The molecular weight excluding hydrogens is 464 g/mol. The second-order valence-corrected chi connectivity index (χ2v) is 9.56. The van der Waals surface area contributed by atoms with E-state index in [0.717, 1.165) is 47.7 Å². The molecule has 2 atom stereocenters. The Morgan fingerprint density at radius 1 is 1.05 bits per heavy atom. The van der Waals surface area contributed by atoms with Crippen LogP contribution < -0.4 is 10.2 Å². The highest BCUT2D eigenvalue weighted by molar-refractivity contribution is 6.07. The minimum absolute atomic E-state index is 0.0467. The number of anilines is 2. The van der Waals surface area contributed by atoms with Crippen molar-refractivity contribution in [1.29, 1.82) is 5.26 Å². The van der Waals surface area contributed by atoms with E-state index in [2.05, 4.69) is 50.4 Å². The van der Waals surface area contributed by atoms with Gasteiger partial charge in [0.25, 0.3) is 11.8 Å². The lowest BCUT2D eigenvalue weighted by Crippen LogP contribution is -2.53. The number of piperazine rings is 1. The van der Waals surface area contributed by atoms with Gasteiger partial charge in [0.05, 0.1) is 17.3 Å². The molecule has 0 radical (unpaired) electrons. The molecule has 184 valence electrons. The summed E-state index contributed by atoms with van der Waals surface area (Å²) in [5, 5.41) is 16.9. The molecule has 3 heterocycles. The largest absolute Gasteiger partial charge is 0.365 e. The van der Waals surface area contributed by atoms with Crippen molar-refractivity contribution in [3.05, 3.63) is 94.8 Å². The van der Waals surface area contributed by atoms with Gasteiger partial charge in [-0.15, -0.1) is 0 Å². The summed E-state index contributed by atoms with van der Waals surface area (Å²) in [6.07, 6.45) is 0. The van der Waals surface area contributed by atoms with Crippen molar-refractivity contribution in [1.82, 2.24) is 15.0 Å². The zero-order valence-corrected chi connectivity index (χ0v) is 20.7.